The molecule has 4 saturated carbocycles. The van der Waals surface area contributed by atoms with E-state index in [0.29, 0.717) is 17.6 Å². The Kier molecular flexibility index (Phi) is 4.08. The number of hydrogen-bond acceptors (Lipinski definition) is 4. The van der Waals surface area contributed by atoms with Gasteiger partial charge in [-0.25, -0.2) is 0 Å². The summed E-state index contributed by atoms with van der Waals surface area (Å²) >= 11 is 0. The average Bonchev–Trinajstić information content (AvgIpc) is 2.46. The zero-order valence-corrected chi connectivity index (χ0v) is 13.2. The molecule has 0 aromatic carbocycles. The number of rotatable bonds is 5. The van der Waals surface area contributed by atoms with Crippen molar-refractivity contribution < 1.29 is 19.1 Å². The fourth-order valence-corrected chi connectivity index (χ4v) is 4.48. The molecule has 0 spiro atoms. The van der Waals surface area contributed by atoms with Crippen molar-refractivity contribution in [3.8, 4) is 0 Å². The van der Waals surface area contributed by atoms with E-state index in [1.807, 2.05) is 13.8 Å². The van der Waals surface area contributed by atoms with Crippen LogP contribution in [0.15, 0.2) is 0 Å². The predicted octanol–water partition coefficient (Wildman–Crippen LogP) is 2.94. The molecule has 0 radical (unpaired) electrons. The molecule has 4 fully saturated rings. The summed E-state index contributed by atoms with van der Waals surface area (Å²) < 4.78 is 11.4. The Balaban J connectivity index is 1.60. The van der Waals surface area contributed by atoms with Gasteiger partial charge in [0, 0.05) is 11.8 Å². The van der Waals surface area contributed by atoms with E-state index in [-0.39, 0.29) is 29.8 Å². The fraction of sp³-hybridized carbons (Fsp3) is 0.882. The van der Waals surface area contributed by atoms with Crippen LogP contribution in [0.5, 0.6) is 0 Å². The van der Waals surface area contributed by atoms with Gasteiger partial charge in [0.25, 0.3) is 0 Å². The van der Waals surface area contributed by atoms with Gasteiger partial charge in [0.05, 0.1) is 12.0 Å². The summed E-state index contributed by atoms with van der Waals surface area (Å²) in [4.78, 5) is 24.2. The summed E-state index contributed by atoms with van der Waals surface area (Å²) in [6.07, 6.45) is 4.40. The van der Waals surface area contributed by atoms with Gasteiger partial charge in [0.2, 0.25) is 0 Å². The van der Waals surface area contributed by atoms with E-state index in [9.17, 15) is 9.59 Å². The van der Waals surface area contributed by atoms with Crippen LogP contribution in [-0.2, 0) is 19.1 Å². The molecule has 4 aliphatic rings. The van der Waals surface area contributed by atoms with Crippen molar-refractivity contribution in [2.75, 3.05) is 0 Å². The van der Waals surface area contributed by atoms with E-state index in [1.165, 1.54) is 6.42 Å². The first kappa shape index (κ1) is 15.0. The number of carbonyl (C=O) groups is 2. The maximum absolute atomic E-state index is 12.4. The molecular weight excluding hydrogens is 268 g/mol. The first-order valence-corrected chi connectivity index (χ1v) is 8.39. The Morgan fingerprint density at radius 2 is 2.00 bits per heavy atom. The summed E-state index contributed by atoms with van der Waals surface area (Å²) in [6, 6.07) is 0. The number of Topliss-reactive ketones (excluding diaryl/α,β-unsaturated/α-hetero) is 1. The third kappa shape index (κ3) is 2.75. The van der Waals surface area contributed by atoms with Crippen LogP contribution in [0.1, 0.15) is 52.9 Å². The molecule has 4 bridgehead atoms. The Morgan fingerprint density at radius 1 is 1.24 bits per heavy atom. The van der Waals surface area contributed by atoms with Crippen LogP contribution in [0.4, 0.5) is 0 Å². The lowest BCUT2D eigenvalue weighted by Crippen LogP contribution is -2.55. The van der Waals surface area contributed by atoms with E-state index in [4.69, 9.17) is 9.47 Å². The van der Waals surface area contributed by atoms with Gasteiger partial charge in [0.15, 0.2) is 6.29 Å². The minimum atomic E-state index is -0.554. The van der Waals surface area contributed by atoms with E-state index < -0.39 is 6.29 Å². The second kappa shape index (κ2) is 5.71. The SMILES string of the molecule is CCC(C)C(=O)OC(C)OC1C2CC3CC(C2)C(=O)C1C3. The number of ether oxygens (including phenoxy) is 2. The minimum absolute atomic E-state index is 0.0370. The Bertz CT molecular complexity index is 433. The maximum Gasteiger partial charge on any atom is 0.310 e. The van der Waals surface area contributed by atoms with Gasteiger partial charge in [-0.05, 0) is 50.9 Å². The quantitative estimate of drug-likeness (QED) is 0.578. The van der Waals surface area contributed by atoms with Gasteiger partial charge in [-0.1, -0.05) is 13.8 Å². The zero-order valence-electron chi connectivity index (χ0n) is 13.2. The number of ketones is 1. The van der Waals surface area contributed by atoms with Crippen molar-refractivity contribution in [1.29, 1.82) is 0 Å². The van der Waals surface area contributed by atoms with Gasteiger partial charge >= 0.3 is 5.97 Å². The topological polar surface area (TPSA) is 52.6 Å². The van der Waals surface area contributed by atoms with Gasteiger partial charge < -0.3 is 9.47 Å². The zero-order chi connectivity index (χ0) is 15.1. The third-order valence-corrected chi connectivity index (χ3v) is 5.70. The lowest BCUT2D eigenvalue weighted by molar-refractivity contribution is -0.218. The third-order valence-electron chi connectivity index (χ3n) is 5.70. The Labute approximate surface area is 126 Å². The van der Waals surface area contributed by atoms with Crippen LogP contribution in [-0.4, -0.2) is 24.1 Å². The highest BCUT2D eigenvalue weighted by molar-refractivity contribution is 5.86. The normalized spacial score (nSPS) is 40.1. The largest absolute Gasteiger partial charge is 0.436 e. The molecule has 4 rings (SSSR count). The summed E-state index contributed by atoms with van der Waals surface area (Å²) in [5.74, 6) is 1.62. The minimum Gasteiger partial charge on any atom is -0.436 e. The number of esters is 1. The smallest absolute Gasteiger partial charge is 0.310 e. The molecule has 4 heteroatoms. The van der Waals surface area contributed by atoms with Crippen LogP contribution in [0.3, 0.4) is 0 Å². The molecule has 7 unspecified atom stereocenters. The first-order chi connectivity index (χ1) is 9.99. The molecule has 0 aliphatic heterocycles. The van der Waals surface area contributed by atoms with Gasteiger partial charge in [-0.2, -0.15) is 0 Å². The van der Waals surface area contributed by atoms with Crippen molar-refractivity contribution >= 4 is 11.8 Å². The summed E-state index contributed by atoms with van der Waals surface area (Å²) in [5.41, 5.74) is 0. The maximum atomic E-state index is 12.4. The lowest BCUT2D eigenvalue weighted by atomic mass is 9.54. The highest BCUT2D eigenvalue weighted by Crippen LogP contribution is 2.53. The molecule has 0 aromatic heterocycles. The first-order valence-electron chi connectivity index (χ1n) is 8.39. The molecule has 0 heterocycles. The van der Waals surface area contributed by atoms with E-state index in [0.717, 1.165) is 25.7 Å². The Hall–Kier alpha value is -0.900. The predicted molar refractivity (Wildman–Crippen MR) is 77.3 cm³/mol. The second-order valence-electron chi connectivity index (χ2n) is 7.19. The molecule has 118 valence electrons. The van der Waals surface area contributed by atoms with Crippen LogP contribution in [0.25, 0.3) is 0 Å². The van der Waals surface area contributed by atoms with Gasteiger partial charge in [-0.15, -0.1) is 0 Å². The molecular formula is C17H26O4. The molecule has 21 heavy (non-hydrogen) atoms. The molecule has 4 nitrogen and oxygen atoms in total. The van der Waals surface area contributed by atoms with Crippen LogP contribution in [0, 0.1) is 29.6 Å². The Morgan fingerprint density at radius 3 is 2.71 bits per heavy atom. The standard InChI is InChI=1S/C17H26O4/c1-4-9(2)17(19)21-10(3)20-16-13-6-11-5-12(8-13)15(18)14(16)7-11/h9-14,16H,4-8H2,1-3H3. The molecule has 0 N–H and O–H groups in total. The van der Waals surface area contributed by atoms with Crippen molar-refractivity contribution in [2.45, 2.75) is 65.3 Å². The molecule has 4 aliphatic carbocycles. The van der Waals surface area contributed by atoms with E-state index >= 15 is 0 Å². The van der Waals surface area contributed by atoms with Crippen molar-refractivity contribution in [3.05, 3.63) is 0 Å². The fourth-order valence-electron chi connectivity index (χ4n) is 4.48. The summed E-state index contributed by atoms with van der Waals surface area (Å²) in [5, 5.41) is 0. The van der Waals surface area contributed by atoms with E-state index in [1.54, 1.807) is 6.92 Å². The monoisotopic (exact) mass is 294 g/mol. The van der Waals surface area contributed by atoms with E-state index in [2.05, 4.69) is 0 Å². The lowest BCUT2D eigenvalue weighted by Gasteiger charge is -2.53. The highest BCUT2D eigenvalue weighted by atomic mass is 16.7. The summed E-state index contributed by atoms with van der Waals surface area (Å²) in [7, 11) is 0. The molecule has 0 aromatic rings. The summed E-state index contributed by atoms with van der Waals surface area (Å²) in [6.45, 7) is 5.60. The molecule has 0 amide bonds. The van der Waals surface area contributed by atoms with Crippen molar-refractivity contribution in [3.63, 3.8) is 0 Å². The van der Waals surface area contributed by atoms with Crippen LogP contribution >= 0.6 is 0 Å². The van der Waals surface area contributed by atoms with Gasteiger partial charge in [0.1, 0.15) is 5.78 Å². The number of carbonyl (C=O) groups excluding carboxylic acids is 2. The van der Waals surface area contributed by atoms with Crippen molar-refractivity contribution in [1.82, 2.24) is 0 Å². The highest BCUT2D eigenvalue weighted by Gasteiger charge is 2.54. The second-order valence-corrected chi connectivity index (χ2v) is 7.19. The van der Waals surface area contributed by atoms with Gasteiger partial charge in [-0.3, -0.25) is 9.59 Å². The molecule has 0 saturated heterocycles. The van der Waals surface area contributed by atoms with Crippen molar-refractivity contribution in [2.24, 2.45) is 29.6 Å². The van der Waals surface area contributed by atoms with Crippen LogP contribution in [0.2, 0.25) is 0 Å². The average molecular weight is 294 g/mol. The van der Waals surface area contributed by atoms with Crippen LogP contribution < -0.4 is 0 Å². The molecule has 7 atom stereocenters. The number of hydrogen-bond donors (Lipinski definition) is 0.